The van der Waals surface area contributed by atoms with Crippen LogP contribution in [0.2, 0.25) is 0 Å². The van der Waals surface area contributed by atoms with Crippen LogP contribution in [0.15, 0.2) is 0 Å². The van der Waals surface area contributed by atoms with Gasteiger partial charge in [0.2, 0.25) is 0 Å². The third-order valence-electron chi connectivity index (χ3n) is 2.16. The Kier molecular flexibility index (Phi) is 14.3. The molecule has 0 aromatic carbocycles. The molecule has 0 aromatic rings. The summed E-state index contributed by atoms with van der Waals surface area (Å²) in [6, 6.07) is -3.43. The number of hydrogen-bond acceptors (Lipinski definition) is 11. The summed E-state index contributed by atoms with van der Waals surface area (Å²) < 4.78 is 4.25. The quantitative estimate of drug-likeness (QED) is 0.106. The smallest absolute Gasteiger partial charge is 0.330 e. The fourth-order valence-corrected chi connectivity index (χ4v) is 2.90. The molecule has 146 valence electrons. The number of carbonyl (C=O) groups excluding carboxylic acids is 2. The van der Waals surface area contributed by atoms with Crippen LogP contribution in [0.3, 0.4) is 0 Å². The van der Waals surface area contributed by atoms with E-state index in [2.05, 4.69) is 4.74 Å². The Bertz CT molecular complexity index is 423. The van der Waals surface area contributed by atoms with E-state index in [0.29, 0.717) is 0 Å². The summed E-state index contributed by atoms with van der Waals surface area (Å²) in [5.74, 6) is -3.19. The largest absolute Gasteiger partial charge is 0.480 e. The molecule has 0 rings (SSSR count). The van der Waals surface area contributed by atoms with Crippen molar-refractivity contribution in [2.45, 2.75) is 38.0 Å². The summed E-state index contributed by atoms with van der Waals surface area (Å²) in [6.07, 6.45) is 0. The molecule has 0 aliphatic carbocycles. The van der Waals surface area contributed by atoms with Crippen molar-refractivity contribution in [3.8, 4) is 0 Å². The number of carboxylic acids is 2. The second kappa shape index (κ2) is 13.9. The molecule has 0 amide bonds. The van der Waals surface area contributed by atoms with Crippen LogP contribution < -0.4 is 22.9 Å². The number of carbonyl (C=O) groups is 4. The molecule has 2 unspecified atom stereocenters. The Morgan fingerprint density at radius 3 is 1.28 bits per heavy atom. The van der Waals surface area contributed by atoms with Gasteiger partial charge in [0.1, 0.15) is 24.2 Å². The van der Waals surface area contributed by atoms with Gasteiger partial charge in [-0.3, -0.25) is 9.59 Å². The van der Waals surface area contributed by atoms with Crippen LogP contribution in [0.25, 0.3) is 0 Å². The molecule has 4 atom stereocenters. The monoisotopic (exact) mass is 400 g/mol. The molecule has 0 spiro atoms. The number of aliphatic carboxylic acids is 2. The van der Waals surface area contributed by atoms with Crippen LogP contribution >= 0.6 is 21.6 Å². The lowest BCUT2D eigenvalue weighted by Crippen LogP contribution is -2.36. The number of esters is 2. The highest BCUT2D eigenvalue weighted by Crippen LogP contribution is 2.22. The molecule has 0 bridgehead atoms. The third kappa shape index (κ3) is 14.7. The van der Waals surface area contributed by atoms with Crippen molar-refractivity contribution in [1.29, 1.82) is 0 Å². The normalized spacial score (nSPS) is 15.0. The van der Waals surface area contributed by atoms with Gasteiger partial charge in [-0.05, 0) is 13.8 Å². The van der Waals surface area contributed by atoms with E-state index in [-0.39, 0.29) is 11.5 Å². The molecule has 0 heterocycles. The molecular weight excluding hydrogens is 376 g/mol. The standard InChI is InChI=1S/C6H12N2O4S2.C6H12N2O3/c7-3(5(9)10)1-13-14-2-4(8)6(11)12;1-3(7)5(9)11-6(10)4(2)8/h3-4H,1-2,7-8H2,(H,9,10)(H,11,12);3-4H,7-8H2,1-2H3/t3-,4-;/m0./s1. The molecule has 0 fully saturated rings. The lowest BCUT2D eigenvalue weighted by Gasteiger charge is -2.07. The average molecular weight is 400 g/mol. The van der Waals surface area contributed by atoms with E-state index < -0.39 is 48.0 Å². The van der Waals surface area contributed by atoms with Gasteiger partial charge in [-0.2, -0.15) is 0 Å². The second-order valence-electron chi connectivity index (χ2n) is 4.78. The number of carboxylic acid groups (broad SMARTS) is 2. The van der Waals surface area contributed by atoms with Gasteiger partial charge < -0.3 is 37.9 Å². The average Bonchev–Trinajstić information content (AvgIpc) is 2.50. The summed E-state index contributed by atoms with van der Waals surface area (Å²) in [6.45, 7) is 2.85. The summed E-state index contributed by atoms with van der Waals surface area (Å²) in [5, 5.41) is 16.8. The zero-order valence-corrected chi connectivity index (χ0v) is 15.4. The first-order chi connectivity index (χ1) is 11.4. The van der Waals surface area contributed by atoms with Crippen LogP contribution in [0.4, 0.5) is 0 Å². The Labute approximate surface area is 152 Å². The lowest BCUT2D eigenvalue weighted by molar-refractivity contribution is -0.161. The molecule has 0 aromatic heterocycles. The fourth-order valence-electron chi connectivity index (χ4n) is 0.670. The van der Waals surface area contributed by atoms with Gasteiger partial charge in [-0.1, -0.05) is 21.6 Å². The lowest BCUT2D eigenvalue weighted by atomic mass is 10.3. The number of hydrogen-bond donors (Lipinski definition) is 6. The molecule has 0 saturated heterocycles. The molecule has 0 aliphatic rings. The van der Waals surface area contributed by atoms with Crippen molar-refractivity contribution < 1.29 is 34.1 Å². The number of rotatable bonds is 9. The maximum Gasteiger partial charge on any atom is 0.330 e. The minimum atomic E-state index is -1.07. The minimum Gasteiger partial charge on any atom is -0.480 e. The number of ether oxygens (including phenoxy) is 1. The van der Waals surface area contributed by atoms with Crippen LogP contribution in [-0.4, -0.2) is 69.8 Å². The molecule has 0 aliphatic heterocycles. The Hall–Kier alpha value is -1.38. The molecule has 11 nitrogen and oxygen atoms in total. The van der Waals surface area contributed by atoms with Crippen molar-refractivity contribution >= 4 is 45.5 Å². The highest BCUT2D eigenvalue weighted by Gasteiger charge is 2.17. The molecular formula is C12H24N4O7S2. The fraction of sp³-hybridized carbons (Fsp3) is 0.667. The van der Waals surface area contributed by atoms with Crippen molar-refractivity contribution in [2.24, 2.45) is 22.9 Å². The van der Waals surface area contributed by atoms with Gasteiger partial charge in [0.05, 0.1) is 0 Å². The predicted molar refractivity (Wildman–Crippen MR) is 94.5 cm³/mol. The van der Waals surface area contributed by atoms with Crippen LogP contribution in [0.1, 0.15) is 13.8 Å². The Morgan fingerprint density at radius 2 is 1.08 bits per heavy atom. The van der Waals surface area contributed by atoms with Crippen molar-refractivity contribution in [3.63, 3.8) is 0 Å². The first-order valence-corrected chi connectivity index (χ1v) is 9.36. The highest BCUT2D eigenvalue weighted by molar-refractivity contribution is 8.76. The maximum absolute atomic E-state index is 10.6. The van der Waals surface area contributed by atoms with E-state index in [1.165, 1.54) is 35.4 Å². The molecule has 25 heavy (non-hydrogen) atoms. The van der Waals surface area contributed by atoms with Crippen LogP contribution in [-0.2, 0) is 23.9 Å². The van der Waals surface area contributed by atoms with E-state index in [1.807, 2.05) is 0 Å². The third-order valence-corrected chi connectivity index (χ3v) is 4.63. The molecule has 0 saturated carbocycles. The van der Waals surface area contributed by atoms with Gasteiger partial charge in [0, 0.05) is 11.5 Å². The van der Waals surface area contributed by atoms with Crippen molar-refractivity contribution in [1.82, 2.24) is 0 Å². The molecule has 13 heteroatoms. The van der Waals surface area contributed by atoms with Gasteiger partial charge in [0.25, 0.3) is 0 Å². The van der Waals surface area contributed by atoms with Crippen LogP contribution in [0.5, 0.6) is 0 Å². The van der Waals surface area contributed by atoms with E-state index in [9.17, 15) is 19.2 Å². The Morgan fingerprint density at radius 1 is 0.800 bits per heavy atom. The van der Waals surface area contributed by atoms with Crippen molar-refractivity contribution in [3.05, 3.63) is 0 Å². The molecule has 0 radical (unpaired) electrons. The van der Waals surface area contributed by atoms with E-state index in [1.54, 1.807) is 0 Å². The SMILES string of the molecule is CC(N)C(=O)OC(=O)C(C)N.N[C@@H](CSSC[C@H](N)C(=O)O)C(=O)O. The zero-order chi connectivity index (χ0) is 20.2. The topological polar surface area (TPSA) is 222 Å². The minimum absolute atomic E-state index is 0.229. The summed E-state index contributed by atoms with van der Waals surface area (Å²) in [4.78, 5) is 41.8. The molecule has 10 N–H and O–H groups in total. The zero-order valence-electron chi connectivity index (χ0n) is 13.8. The summed E-state index contributed by atoms with van der Waals surface area (Å²) in [7, 11) is 2.41. The van der Waals surface area contributed by atoms with E-state index >= 15 is 0 Å². The maximum atomic E-state index is 10.6. The van der Waals surface area contributed by atoms with Gasteiger partial charge in [-0.25, -0.2) is 9.59 Å². The summed E-state index contributed by atoms with van der Waals surface area (Å²) in [5.41, 5.74) is 20.7. The second-order valence-corrected chi connectivity index (χ2v) is 7.33. The number of nitrogens with two attached hydrogens (primary N) is 4. The van der Waals surface area contributed by atoms with Gasteiger partial charge >= 0.3 is 23.9 Å². The highest BCUT2D eigenvalue weighted by atomic mass is 33.1. The predicted octanol–water partition coefficient (Wildman–Crippen LogP) is -2.06. The first-order valence-electron chi connectivity index (χ1n) is 6.88. The Balaban J connectivity index is 0. The van der Waals surface area contributed by atoms with Gasteiger partial charge in [-0.15, -0.1) is 0 Å². The van der Waals surface area contributed by atoms with Crippen molar-refractivity contribution in [2.75, 3.05) is 11.5 Å². The van der Waals surface area contributed by atoms with E-state index in [0.717, 1.165) is 0 Å². The van der Waals surface area contributed by atoms with E-state index in [4.69, 9.17) is 33.1 Å². The first kappa shape index (κ1) is 25.9. The van der Waals surface area contributed by atoms with Gasteiger partial charge in [0.15, 0.2) is 0 Å². The summed E-state index contributed by atoms with van der Waals surface area (Å²) >= 11 is 0. The van der Waals surface area contributed by atoms with Crippen LogP contribution in [0, 0.1) is 0 Å².